The van der Waals surface area contributed by atoms with Crippen LogP contribution >= 0.6 is 0 Å². The summed E-state index contributed by atoms with van der Waals surface area (Å²) >= 11 is 0. The number of fused-ring (bicyclic) bond motifs is 1. The first kappa shape index (κ1) is 11.9. The maximum atomic E-state index is 11.9. The minimum atomic E-state index is 0.0248. The molecule has 2 rings (SSSR count). The van der Waals surface area contributed by atoms with Crippen LogP contribution in [0.4, 0.5) is 0 Å². The summed E-state index contributed by atoms with van der Waals surface area (Å²) in [6.07, 6.45) is 0.440. The highest BCUT2D eigenvalue weighted by molar-refractivity contribution is 5.97. The van der Waals surface area contributed by atoms with Gasteiger partial charge < -0.3 is 10.2 Å². The molecular formula is C14H17NO2. The van der Waals surface area contributed by atoms with Crippen LogP contribution in [-0.2, 0) is 0 Å². The quantitative estimate of drug-likeness (QED) is 0.823. The van der Waals surface area contributed by atoms with Gasteiger partial charge in [0.25, 0.3) is 0 Å². The average Bonchev–Trinajstić information content (AvgIpc) is 2.71. The van der Waals surface area contributed by atoms with Gasteiger partial charge in [0.05, 0.1) is 0 Å². The molecular weight excluding hydrogens is 214 g/mol. The van der Waals surface area contributed by atoms with Crippen molar-refractivity contribution < 1.29 is 9.21 Å². The monoisotopic (exact) mass is 231 g/mol. The third-order valence-electron chi connectivity index (χ3n) is 2.88. The summed E-state index contributed by atoms with van der Waals surface area (Å²) < 4.78 is 5.54. The van der Waals surface area contributed by atoms with E-state index in [4.69, 9.17) is 10.2 Å². The number of benzene rings is 1. The molecule has 0 aliphatic carbocycles. The largest absolute Gasteiger partial charge is 0.453 e. The van der Waals surface area contributed by atoms with Crippen LogP contribution in [0.3, 0.4) is 0 Å². The summed E-state index contributed by atoms with van der Waals surface area (Å²) in [6, 6.07) is 7.70. The second kappa shape index (κ2) is 4.72. The van der Waals surface area contributed by atoms with Crippen LogP contribution in [0.2, 0.25) is 0 Å². The Hall–Kier alpha value is -1.61. The molecule has 0 saturated heterocycles. The molecule has 3 heteroatoms. The molecule has 0 radical (unpaired) electrons. The molecule has 1 atom stereocenters. The van der Waals surface area contributed by atoms with Gasteiger partial charge in [0.2, 0.25) is 0 Å². The van der Waals surface area contributed by atoms with Gasteiger partial charge in [-0.05, 0) is 37.6 Å². The molecule has 2 N–H and O–H groups in total. The van der Waals surface area contributed by atoms with Crippen molar-refractivity contribution in [3.8, 4) is 0 Å². The first-order valence-corrected chi connectivity index (χ1v) is 5.83. The minimum absolute atomic E-state index is 0.0248. The number of furan rings is 1. The van der Waals surface area contributed by atoms with Crippen LogP contribution in [-0.4, -0.2) is 12.3 Å². The number of Topliss-reactive ketones (excluding diaryl/α,β-unsaturated/α-hetero) is 1. The molecule has 0 amide bonds. The van der Waals surface area contributed by atoms with E-state index in [0.717, 1.165) is 16.5 Å². The summed E-state index contributed by atoms with van der Waals surface area (Å²) in [7, 11) is 0. The lowest BCUT2D eigenvalue weighted by Crippen LogP contribution is -2.14. The van der Waals surface area contributed by atoms with Gasteiger partial charge in [-0.25, -0.2) is 0 Å². The van der Waals surface area contributed by atoms with Crippen molar-refractivity contribution >= 4 is 16.8 Å². The van der Waals surface area contributed by atoms with Crippen LogP contribution in [0, 0.1) is 12.8 Å². The van der Waals surface area contributed by atoms with Gasteiger partial charge in [-0.2, -0.15) is 0 Å². The lowest BCUT2D eigenvalue weighted by atomic mass is 10.0. The van der Waals surface area contributed by atoms with Gasteiger partial charge in [-0.3, -0.25) is 4.79 Å². The molecule has 17 heavy (non-hydrogen) atoms. The smallest absolute Gasteiger partial charge is 0.198 e. The van der Waals surface area contributed by atoms with Gasteiger partial charge in [-0.15, -0.1) is 0 Å². The molecule has 1 aromatic heterocycles. The number of hydrogen-bond acceptors (Lipinski definition) is 3. The standard InChI is InChI=1S/C14H17NO2/c1-9-3-4-13-11(5-9)7-14(17-13)12(16)6-10(2)8-15/h3-5,7,10H,6,8,15H2,1-2H3. The Labute approximate surface area is 101 Å². The Morgan fingerprint density at radius 2 is 2.18 bits per heavy atom. The van der Waals surface area contributed by atoms with Crippen LogP contribution in [0.1, 0.15) is 29.5 Å². The van der Waals surface area contributed by atoms with Crippen molar-refractivity contribution in [3.05, 3.63) is 35.6 Å². The Bertz CT molecular complexity index is 542. The topological polar surface area (TPSA) is 56.2 Å². The zero-order chi connectivity index (χ0) is 12.4. The zero-order valence-electron chi connectivity index (χ0n) is 10.2. The molecule has 1 aromatic carbocycles. The molecule has 0 bridgehead atoms. The second-order valence-electron chi connectivity index (χ2n) is 4.62. The predicted molar refractivity (Wildman–Crippen MR) is 68.1 cm³/mol. The van der Waals surface area contributed by atoms with Crippen molar-refractivity contribution in [2.75, 3.05) is 6.54 Å². The van der Waals surface area contributed by atoms with Gasteiger partial charge >= 0.3 is 0 Å². The molecule has 1 heterocycles. The fourth-order valence-corrected chi connectivity index (χ4v) is 1.80. The van der Waals surface area contributed by atoms with Gasteiger partial charge in [0.15, 0.2) is 11.5 Å². The van der Waals surface area contributed by atoms with Gasteiger partial charge in [-0.1, -0.05) is 18.6 Å². The first-order chi connectivity index (χ1) is 8.10. The van der Waals surface area contributed by atoms with E-state index < -0.39 is 0 Å². The number of hydrogen-bond donors (Lipinski definition) is 1. The van der Waals surface area contributed by atoms with Crippen LogP contribution in [0.5, 0.6) is 0 Å². The molecule has 0 fully saturated rings. The molecule has 3 nitrogen and oxygen atoms in total. The van der Waals surface area contributed by atoms with E-state index in [-0.39, 0.29) is 11.7 Å². The SMILES string of the molecule is Cc1ccc2oc(C(=O)CC(C)CN)cc2c1. The van der Waals surface area contributed by atoms with Crippen molar-refractivity contribution in [3.63, 3.8) is 0 Å². The molecule has 1 unspecified atom stereocenters. The highest BCUT2D eigenvalue weighted by atomic mass is 16.3. The summed E-state index contributed by atoms with van der Waals surface area (Å²) in [5.74, 6) is 0.653. The number of carbonyl (C=O) groups is 1. The lowest BCUT2D eigenvalue weighted by molar-refractivity contribution is 0.0941. The van der Waals surface area contributed by atoms with Gasteiger partial charge in [0.1, 0.15) is 5.58 Å². The van der Waals surface area contributed by atoms with Crippen LogP contribution in [0.25, 0.3) is 11.0 Å². The Balaban J connectivity index is 2.27. The third-order valence-corrected chi connectivity index (χ3v) is 2.88. The summed E-state index contributed by atoms with van der Waals surface area (Å²) in [4.78, 5) is 11.9. The summed E-state index contributed by atoms with van der Waals surface area (Å²) in [5, 5.41) is 0.980. The fraction of sp³-hybridized carbons (Fsp3) is 0.357. The van der Waals surface area contributed by atoms with Crippen molar-refractivity contribution in [1.29, 1.82) is 0 Å². The van der Waals surface area contributed by atoms with E-state index in [1.54, 1.807) is 0 Å². The molecule has 0 saturated carbocycles. The van der Waals surface area contributed by atoms with Gasteiger partial charge in [0, 0.05) is 11.8 Å². The number of carbonyl (C=O) groups excluding carboxylic acids is 1. The first-order valence-electron chi connectivity index (χ1n) is 5.83. The van der Waals surface area contributed by atoms with E-state index in [0.29, 0.717) is 18.7 Å². The summed E-state index contributed by atoms with van der Waals surface area (Å²) in [6.45, 7) is 4.50. The molecule has 0 aliphatic rings. The Morgan fingerprint density at radius 3 is 2.88 bits per heavy atom. The predicted octanol–water partition coefficient (Wildman–Crippen LogP) is 2.91. The highest BCUT2D eigenvalue weighted by Gasteiger charge is 2.14. The van der Waals surface area contributed by atoms with E-state index in [1.807, 2.05) is 38.1 Å². The Kier molecular flexibility index (Phi) is 3.29. The number of aryl methyl sites for hydroxylation is 1. The molecule has 0 aliphatic heterocycles. The van der Waals surface area contributed by atoms with Crippen LogP contribution < -0.4 is 5.73 Å². The zero-order valence-corrected chi connectivity index (χ0v) is 10.2. The molecule has 2 aromatic rings. The normalized spacial score (nSPS) is 12.9. The van der Waals surface area contributed by atoms with Crippen molar-refractivity contribution in [1.82, 2.24) is 0 Å². The number of ketones is 1. The third kappa shape index (κ3) is 2.56. The van der Waals surface area contributed by atoms with Crippen molar-refractivity contribution in [2.45, 2.75) is 20.3 Å². The minimum Gasteiger partial charge on any atom is -0.453 e. The number of nitrogens with two attached hydrogens (primary N) is 1. The van der Waals surface area contributed by atoms with Crippen molar-refractivity contribution in [2.24, 2.45) is 11.7 Å². The van der Waals surface area contributed by atoms with E-state index in [9.17, 15) is 4.79 Å². The maximum absolute atomic E-state index is 11.9. The Morgan fingerprint density at radius 1 is 1.41 bits per heavy atom. The summed E-state index contributed by atoms with van der Waals surface area (Å²) in [5.41, 5.74) is 7.43. The second-order valence-corrected chi connectivity index (χ2v) is 4.62. The van der Waals surface area contributed by atoms with E-state index in [2.05, 4.69) is 0 Å². The highest BCUT2D eigenvalue weighted by Crippen LogP contribution is 2.22. The van der Waals surface area contributed by atoms with Crippen LogP contribution in [0.15, 0.2) is 28.7 Å². The van der Waals surface area contributed by atoms with E-state index in [1.165, 1.54) is 0 Å². The fourth-order valence-electron chi connectivity index (χ4n) is 1.80. The number of rotatable bonds is 4. The lowest BCUT2D eigenvalue weighted by Gasteiger charge is -2.04. The molecule has 90 valence electrons. The maximum Gasteiger partial charge on any atom is 0.198 e. The average molecular weight is 231 g/mol. The molecule has 0 spiro atoms. The van der Waals surface area contributed by atoms with E-state index >= 15 is 0 Å².